The first-order chi connectivity index (χ1) is 12.1. The van der Waals surface area contributed by atoms with E-state index in [2.05, 4.69) is 10.3 Å². The van der Waals surface area contributed by atoms with Gasteiger partial charge in [0.05, 0.1) is 7.11 Å². The van der Waals surface area contributed by atoms with Crippen LogP contribution >= 0.6 is 0 Å². The van der Waals surface area contributed by atoms with E-state index in [4.69, 9.17) is 9.47 Å². The van der Waals surface area contributed by atoms with E-state index in [-0.39, 0.29) is 5.91 Å². The number of fused-ring (bicyclic) bond motifs is 1. The number of methoxy groups -OCH3 is 1. The molecule has 5 heteroatoms. The Bertz CT molecular complexity index is 908. The Kier molecular flexibility index (Phi) is 4.84. The molecule has 5 nitrogen and oxygen atoms in total. The van der Waals surface area contributed by atoms with Crippen LogP contribution in [0.5, 0.6) is 11.5 Å². The van der Waals surface area contributed by atoms with Gasteiger partial charge in [-0.3, -0.25) is 9.78 Å². The molecule has 1 atom stereocenters. The molecule has 0 saturated carbocycles. The molecule has 3 rings (SSSR count). The predicted molar refractivity (Wildman–Crippen MR) is 97.9 cm³/mol. The topological polar surface area (TPSA) is 60.5 Å². The molecular formula is C20H20N2O3. The first-order valence-electron chi connectivity index (χ1n) is 8.03. The van der Waals surface area contributed by atoms with Gasteiger partial charge in [-0.05, 0) is 41.5 Å². The number of nitrogens with one attached hydrogen (secondary N) is 1. The average molecular weight is 336 g/mol. The number of hydrogen-bond donors (Lipinski definition) is 1. The van der Waals surface area contributed by atoms with Crippen LogP contribution in [0.2, 0.25) is 0 Å². The van der Waals surface area contributed by atoms with Crippen LogP contribution in [0.4, 0.5) is 0 Å². The Hall–Kier alpha value is -3.08. The van der Waals surface area contributed by atoms with Crippen molar-refractivity contribution in [3.63, 3.8) is 0 Å². The molecular weight excluding hydrogens is 316 g/mol. The van der Waals surface area contributed by atoms with Crippen LogP contribution < -0.4 is 14.8 Å². The molecule has 3 aromatic rings. The van der Waals surface area contributed by atoms with E-state index in [0.717, 1.165) is 27.6 Å². The number of carbonyl (C=O) groups is 1. The van der Waals surface area contributed by atoms with Crippen molar-refractivity contribution in [1.29, 1.82) is 0 Å². The van der Waals surface area contributed by atoms with Crippen molar-refractivity contribution in [2.75, 3.05) is 14.2 Å². The molecule has 1 heterocycles. The summed E-state index contributed by atoms with van der Waals surface area (Å²) in [7, 11) is 3.23. The van der Waals surface area contributed by atoms with Gasteiger partial charge >= 0.3 is 0 Å². The third-order valence-electron chi connectivity index (χ3n) is 4.05. The normalized spacial score (nSPS) is 11.8. The van der Waals surface area contributed by atoms with Crippen molar-refractivity contribution in [3.05, 3.63) is 54.9 Å². The molecule has 128 valence electrons. The van der Waals surface area contributed by atoms with Gasteiger partial charge < -0.3 is 14.8 Å². The predicted octanol–water partition coefficient (Wildman–Crippen LogP) is 3.42. The number of pyridine rings is 1. The Morgan fingerprint density at radius 1 is 1.16 bits per heavy atom. The van der Waals surface area contributed by atoms with E-state index in [9.17, 15) is 4.79 Å². The fourth-order valence-electron chi connectivity index (χ4n) is 2.80. The van der Waals surface area contributed by atoms with Crippen LogP contribution in [-0.2, 0) is 4.79 Å². The van der Waals surface area contributed by atoms with Crippen LogP contribution in [0.15, 0.2) is 54.9 Å². The Labute approximate surface area is 146 Å². The highest BCUT2D eigenvalue weighted by Gasteiger charge is 2.16. The quantitative estimate of drug-likeness (QED) is 0.775. The first-order valence-corrected chi connectivity index (χ1v) is 8.03. The number of ether oxygens (including phenoxy) is 2. The smallest absolute Gasteiger partial charge is 0.260 e. The van der Waals surface area contributed by atoms with Crippen LogP contribution in [0.25, 0.3) is 21.9 Å². The first kappa shape index (κ1) is 16.8. The minimum absolute atomic E-state index is 0.173. The van der Waals surface area contributed by atoms with Gasteiger partial charge in [0.25, 0.3) is 5.91 Å². The summed E-state index contributed by atoms with van der Waals surface area (Å²) in [4.78, 5) is 16.0. The Morgan fingerprint density at radius 2 is 1.96 bits per heavy atom. The number of hydrogen-bond acceptors (Lipinski definition) is 4. The molecule has 25 heavy (non-hydrogen) atoms. The van der Waals surface area contributed by atoms with Crippen molar-refractivity contribution >= 4 is 16.7 Å². The number of aromatic nitrogens is 1. The summed E-state index contributed by atoms with van der Waals surface area (Å²) in [5, 5.41) is 4.67. The summed E-state index contributed by atoms with van der Waals surface area (Å²) in [6, 6.07) is 13.7. The number of carbonyl (C=O) groups excluding carboxylic acids is 1. The monoisotopic (exact) mass is 336 g/mol. The molecule has 1 aromatic heterocycles. The molecule has 1 amide bonds. The molecule has 0 fully saturated rings. The summed E-state index contributed by atoms with van der Waals surface area (Å²) in [6.45, 7) is 1.72. The molecule has 0 saturated heterocycles. The standard InChI is InChI=1S/C20H20N2O3/c1-13(20(23)21-2)25-15-10-14-6-4-5-7-16(14)17(11-15)18-12-22-9-8-19(18)24-3/h4-13H,1-3H3,(H,21,23). The van der Waals surface area contributed by atoms with E-state index >= 15 is 0 Å². The van der Waals surface area contributed by atoms with Gasteiger partial charge in [0.1, 0.15) is 11.5 Å². The molecule has 0 aliphatic heterocycles. The highest BCUT2D eigenvalue weighted by atomic mass is 16.5. The number of benzene rings is 2. The number of amides is 1. The molecule has 1 N–H and O–H groups in total. The van der Waals surface area contributed by atoms with Gasteiger partial charge in [0, 0.05) is 25.0 Å². The lowest BCUT2D eigenvalue weighted by molar-refractivity contribution is -0.126. The zero-order valence-corrected chi connectivity index (χ0v) is 14.4. The molecule has 1 unspecified atom stereocenters. The second-order valence-electron chi connectivity index (χ2n) is 5.64. The number of nitrogens with zero attached hydrogens (tertiary/aromatic N) is 1. The minimum atomic E-state index is -0.588. The summed E-state index contributed by atoms with van der Waals surface area (Å²) >= 11 is 0. The molecule has 0 bridgehead atoms. The lowest BCUT2D eigenvalue weighted by Crippen LogP contribution is -2.33. The second-order valence-corrected chi connectivity index (χ2v) is 5.64. The minimum Gasteiger partial charge on any atom is -0.496 e. The van der Waals surface area contributed by atoms with Crippen LogP contribution in [0, 0.1) is 0 Å². The molecule has 0 spiro atoms. The maximum absolute atomic E-state index is 11.8. The van der Waals surface area contributed by atoms with E-state index in [1.54, 1.807) is 33.5 Å². The second kappa shape index (κ2) is 7.21. The third kappa shape index (κ3) is 3.40. The molecule has 0 aliphatic rings. The summed E-state index contributed by atoms with van der Waals surface area (Å²) < 4.78 is 11.3. The summed E-state index contributed by atoms with van der Waals surface area (Å²) in [5.74, 6) is 1.18. The Balaban J connectivity index is 2.15. The summed E-state index contributed by atoms with van der Waals surface area (Å²) in [6.07, 6.45) is 2.88. The van der Waals surface area contributed by atoms with Crippen LogP contribution in [-0.4, -0.2) is 31.2 Å². The number of likely N-dealkylation sites (N-methyl/N-ethyl adjacent to an activating group) is 1. The SMILES string of the molecule is CNC(=O)C(C)Oc1cc(-c2cnccc2OC)c2ccccc2c1. The average Bonchev–Trinajstić information content (AvgIpc) is 2.66. The number of rotatable bonds is 5. The molecule has 0 radical (unpaired) electrons. The van der Waals surface area contributed by atoms with E-state index in [1.165, 1.54) is 0 Å². The fourth-order valence-corrected chi connectivity index (χ4v) is 2.80. The molecule has 2 aromatic carbocycles. The van der Waals surface area contributed by atoms with Gasteiger partial charge in [0.2, 0.25) is 0 Å². The molecule has 0 aliphatic carbocycles. The third-order valence-corrected chi connectivity index (χ3v) is 4.05. The highest BCUT2D eigenvalue weighted by Crippen LogP contribution is 2.37. The Morgan fingerprint density at radius 3 is 2.72 bits per heavy atom. The summed E-state index contributed by atoms with van der Waals surface area (Å²) in [5.41, 5.74) is 1.82. The van der Waals surface area contributed by atoms with Gasteiger partial charge in [-0.25, -0.2) is 0 Å². The fraction of sp³-hybridized carbons (Fsp3) is 0.200. The van der Waals surface area contributed by atoms with Gasteiger partial charge in [-0.1, -0.05) is 24.3 Å². The maximum atomic E-state index is 11.8. The van der Waals surface area contributed by atoms with Crippen molar-refractivity contribution in [2.45, 2.75) is 13.0 Å². The van der Waals surface area contributed by atoms with Gasteiger partial charge in [0.15, 0.2) is 6.10 Å². The zero-order chi connectivity index (χ0) is 17.8. The lowest BCUT2D eigenvalue weighted by atomic mass is 9.98. The van der Waals surface area contributed by atoms with Crippen molar-refractivity contribution in [1.82, 2.24) is 10.3 Å². The van der Waals surface area contributed by atoms with Crippen LogP contribution in [0.1, 0.15) is 6.92 Å². The highest BCUT2D eigenvalue weighted by molar-refractivity contribution is 5.99. The zero-order valence-electron chi connectivity index (χ0n) is 14.4. The maximum Gasteiger partial charge on any atom is 0.260 e. The van der Waals surface area contributed by atoms with Gasteiger partial charge in [-0.2, -0.15) is 0 Å². The van der Waals surface area contributed by atoms with E-state index in [0.29, 0.717) is 5.75 Å². The van der Waals surface area contributed by atoms with E-state index in [1.807, 2.05) is 42.5 Å². The van der Waals surface area contributed by atoms with Crippen LogP contribution in [0.3, 0.4) is 0 Å². The van der Waals surface area contributed by atoms with Crippen molar-refractivity contribution < 1.29 is 14.3 Å². The van der Waals surface area contributed by atoms with Crippen molar-refractivity contribution in [2.24, 2.45) is 0 Å². The van der Waals surface area contributed by atoms with Crippen molar-refractivity contribution in [3.8, 4) is 22.6 Å². The lowest BCUT2D eigenvalue weighted by Gasteiger charge is -2.16. The largest absolute Gasteiger partial charge is 0.496 e. The van der Waals surface area contributed by atoms with E-state index < -0.39 is 6.10 Å². The van der Waals surface area contributed by atoms with Gasteiger partial charge in [-0.15, -0.1) is 0 Å².